The first-order valence-electron chi connectivity index (χ1n) is 12.8. The zero-order valence-corrected chi connectivity index (χ0v) is 21.1. The number of halogens is 1. The molecule has 2 aromatic heterocycles. The molecule has 3 heterocycles. The monoisotopic (exact) mass is 494 g/mol. The van der Waals surface area contributed by atoms with Gasteiger partial charge in [0.05, 0.1) is 17.8 Å². The number of aromatic nitrogens is 3. The zero-order chi connectivity index (χ0) is 25.5. The third-order valence-corrected chi connectivity index (χ3v) is 6.82. The summed E-state index contributed by atoms with van der Waals surface area (Å²) in [6.45, 7) is 8.87. The first kappa shape index (κ1) is 25.6. The maximum atomic E-state index is 13.6. The van der Waals surface area contributed by atoms with Crippen LogP contribution in [0.3, 0.4) is 0 Å². The van der Waals surface area contributed by atoms with Crippen LogP contribution in [-0.4, -0.2) is 75.2 Å². The van der Waals surface area contributed by atoms with Crippen molar-refractivity contribution in [3.63, 3.8) is 0 Å². The Hall–Kier alpha value is -3.46. The molecule has 9 heteroatoms. The Balaban J connectivity index is 1.46. The van der Waals surface area contributed by atoms with Crippen LogP contribution in [0.25, 0.3) is 11.5 Å². The fourth-order valence-electron chi connectivity index (χ4n) is 4.73. The summed E-state index contributed by atoms with van der Waals surface area (Å²) in [5.41, 5.74) is 1.09. The van der Waals surface area contributed by atoms with Gasteiger partial charge in [-0.25, -0.2) is 9.07 Å². The van der Waals surface area contributed by atoms with E-state index in [1.54, 1.807) is 27.9 Å². The highest BCUT2D eigenvalue weighted by atomic mass is 19.1. The molecule has 2 amide bonds. The minimum Gasteiger partial charge on any atom is -0.356 e. The van der Waals surface area contributed by atoms with Gasteiger partial charge < -0.3 is 19.7 Å². The number of rotatable bonds is 10. The Kier molecular flexibility index (Phi) is 8.53. The lowest BCUT2D eigenvalue weighted by molar-refractivity contribution is -0.126. The van der Waals surface area contributed by atoms with Crippen molar-refractivity contribution in [2.24, 2.45) is 5.92 Å². The Morgan fingerprint density at radius 1 is 1.14 bits per heavy atom. The average molecular weight is 495 g/mol. The first-order chi connectivity index (χ1) is 17.5. The number of nitrogens with one attached hydrogen (secondary N) is 1. The second kappa shape index (κ2) is 12.0. The van der Waals surface area contributed by atoms with E-state index in [1.165, 1.54) is 12.1 Å². The minimum absolute atomic E-state index is 0.0136. The smallest absolute Gasteiger partial charge is 0.259 e. The van der Waals surface area contributed by atoms with Gasteiger partial charge in [-0.2, -0.15) is 5.10 Å². The quantitative estimate of drug-likeness (QED) is 0.438. The third kappa shape index (κ3) is 5.84. The van der Waals surface area contributed by atoms with E-state index in [9.17, 15) is 14.0 Å². The molecule has 36 heavy (non-hydrogen) atoms. The summed E-state index contributed by atoms with van der Waals surface area (Å²) < 4.78 is 17.0. The Labute approximate surface area is 211 Å². The van der Waals surface area contributed by atoms with Gasteiger partial charge in [-0.1, -0.05) is 13.8 Å². The molecule has 1 N–H and O–H groups in total. The molecular formula is C27H35FN6O2. The summed E-state index contributed by atoms with van der Waals surface area (Å²) in [5, 5.41) is 7.53. The van der Waals surface area contributed by atoms with E-state index in [1.807, 2.05) is 29.1 Å². The number of piperidine rings is 1. The van der Waals surface area contributed by atoms with Crippen LogP contribution >= 0.6 is 0 Å². The average Bonchev–Trinajstić information content (AvgIpc) is 3.59. The van der Waals surface area contributed by atoms with Crippen molar-refractivity contribution in [2.75, 3.05) is 39.3 Å². The van der Waals surface area contributed by atoms with E-state index in [4.69, 9.17) is 0 Å². The summed E-state index contributed by atoms with van der Waals surface area (Å²) in [5.74, 6) is -0.126. The molecule has 0 radical (unpaired) electrons. The molecule has 0 aliphatic carbocycles. The largest absolute Gasteiger partial charge is 0.356 e. The van der Waals surface area contributed by atoms with Crippen LogP contribution in [-0.2, 0) is 4.79 Å². The van der Waals surface area contributed by atoms with Gasteiger partial charge in [0.15, 0.2) is 5.82 Å². The van der Waals surface area contributed by atoms with Crippen LogP contribution in [0, 0.1) is 11.7 Å². The van der Waals surface area contributed by atoms with Gasteiger partial charge in [0.2, 0.25) is 5.91 Å². The second-order valence-electron chi connectivity index (χ2n) is 9.12. The van der Waals surface area contributed by atoms with Crippen molar-refractivity contribution in [1.29, 1.82) is 0 Å². The number of amides is 2. The first-order valence-corrected chi connectivity index (χ1v) is 12.8. The van der Waals surface area contributed by atoms with E-state index >= 15 is 0 Å². The van der Waals surface area contributed by atoms with Crippen LogP contribution in [0.5, 0.6) is 0 Å². The van der Waals surface area contributed by atoms with Crippen molar-refractivity contribution < 1.29 is 14.0 Å². The van der Waals surface area contributed by atoms with Crippen molar-refractivity contribution in [3.05, 3.63) is 66.4 Å². The lowest BCUT2D eigenvalue weighted by Gasteiger charge is -2.32. The molecule has 0 spiro atoms. The maximum Gasteiger partial charge on any atom is 0.259 e. The molecule has 4 rings (SSSR count). The van der Waals surface area contributed by atoms with E-state index < -0.39 is 0 Å². The number of carbonyl (C=O) groups excluding carboxylic acids is 2. The summed E-state index contributed by atoms with van der Waals surface area (Å²) in [6, 6.07) is 9.74. The van der Waals surface area contributed by atoms with Gasteiger partial charge in [-0.3, -0.25) is 9.59 Å². The fraction of sp³-hybridized carbons (Fsp3) is 0.444. The third-order valence-electron chi connectivity index (χ3n) is 6.82. The second-order valence-corrected chi connectivity index (χ2v) is 9.12. The Morgan fingerprint density at radius 3 is 2.56 bits per heavy atom. The van der Waals surface area contributed by atoms with Crippen LogP contribution in [0.4, 0.5) is 4.39 Å². The molecule has 0 saturated carbocycles. The highest BCUT2D eigenvalue weighted by Gasteiger charge is 2.31. The molecule has 0 unspecified atom stereocenters. The van der Waals surface area contributed by atoms with Crippen LogP contribution in [0.15, 0.2) is 55.0 Å². The van der Waals surface area contributed by atoms with Crippen molar-refractivity contribution >= 4 is 11.8 Å². The topological polar surface area (TPSA) is 75.4 Å². The minimum atomic E-state index is -0.338. The highest BCUT2D eigenvalue weighted by molar-refractivity contribution is 5.97. The SMILES string of the molecule is CCN(CC)CCCNC(=O)[C@H]1CCCN(C(=O)c2cnn(-c3ccc(F)cc3)c2-n2cccc2)C1. The molecule has 1 aliphatic rings. The van der Waals surface area contributed by atoms with Crippen LogP contribution < -0.4 is 5.32 Å². The molecular weight excluding hydrogens is 459 g/mol. The zero-order valence-electron chi connectivity index (χ0n) is 21.1. The number of likely N-dealkylation sites (tertiary alicyclic amines) is 1. The van der Waals surface area contributed by atoms with Crippen LogP contribution in [0.1, 0.15) is 43.5 Å². The summed E-state index contributed by atoms with van der Waals surface area (Å²) in [4.78, 5) is 30.6. The van der Waals surface area contributed by atoms with Gasteiger partial charge in [0.1, 0.15) is 11.4 Å². The standard InChI is InChI=1S/C27H35FN6O2/c1-3-31(4-2)15-8-14-29-25(35)21-9-7-18-33(20-21)27(36)24-19-30-34(23-12-10-22(28)11-13-23)26(24)32-16-5-6-17-32/h5-6,10-13,16-17,19,21H,3-4,7-9,14-15,18,20H2,1-2H3,(H,29,35)/t21-/m0/s1. The van der Waals surface area contributed by atoms with Gasteiger partial charge in [0, 0.05) is 32.0 Å². The molecule has 3 aromatic rings. The molecule has 192 valence electrons. The summed E-state index contributed by atoms with van der Waals surface area (Å²) in [6.07, 6.45) is 7.69. The number of nitrogens with zero attached hydrogens (tertiary/aromatic N) is 5. The highest BCUT2D eigenvalue weighted by Crippen LogP contribution is 2.24. The van der Waals surface area contributed by atoms with E-state index in [0.29, 0.717) is 36.7 Å². The molecule has 1 atom stereocenters. The lowest BCUT2D eigenvalue weighted by atomic mass is 9.96. The van der Waals surface area contributed by atoms with E-state index in [0.717, 1.165) is 38.9 Å². The van der Waals surface area contributed by atoms with Gasteiger partial charge in [0.25, 0.3) is 5.91 Å². The summed E-state index contributed by atoms with van der Waals surface area (Å²) in [7, 11) is 0. The van der Waals surface area contributed by atoms with Crippen molar-refractivity contribution in [1.82, 2.24) is 29.5 Å². The fourth-order valence-corrected chi connectivity index (χ4v) is 4.73. The normalized spacial score (nSPS) is 15.9. The molecule has 1 aromatic carbocycles. The molecule has 8 nitrogen and oxygen atoms in total. The van der Waals surface area contributed by atoms with Crippen molar-refractivity contribution in [2.45, 2.75) is 33.1 Å². The van der Waals surface area contributed by atoms with Gasteiger partial charge >= 0.3 is 0 Å². The predicted octanol–water partition coefficient (Wildman–Crippen LogP) is 3.50. The maximum absolute atomic E-state index is 13.6. The van der Waals surface area contributed by atoms with E-state index in [-0.39, 0.29) is 23.5 Å². The summed E-state index contributed by atoms with van der Waals surface area (Å²) >= 11 is 0. The number of carbonyl (C=O) groups is 2. The number of hydrogen-bond donors (Lipinski definition) is 1. The number of benzene rings is 1. The van der Waals surface area contributed by atoms with E-state index in [2.05, 4.69) is 29.2 Å². The number of hydrogen-bond acceptors (Lipinski definition) is 4. The van der Waals surface area contributed by atoms with Gasteiger partial charge in [-0.05, 0) is 75.3 Å². The molecule has 1 saturated heterocycles. The van der Waals surface area contributed by atoms with Gasteiger partial charge in [-0.15, -0.1) is 0 Å². The predicted molar refractivity (Wildman–Crippen MR) is 137 cm³/mol. The van der Waals surface area contributed by atoms with Crippen molar-refractivity contribution in [3.8, 4) is 11.5 Å². The Bertz CT molecular complexity index is 1140. The molecule has 0 bridgehead atoms. The molecule has 1 fully saturated rings. The molecule has 1 aliphatic heterocycles. The van der Waals surface area contributed by atoms with Crippen LogP contribution in [0.2, 0.25) is 0 Å². The lowest BCUT2D eigenvalue weighted by Crippen LogP contribution is -2.46. The Morgan fingerprint density at radius 2 is 1.86 bits per heavy atom.